The van der Waals surface area contributed by atoms with Crippen LogP contribution in [0.2, 0.25) is 0 Å². The maximum atomic E-state index is 13.4. The number of aromatic amines is 1. The van der Waals surface area contributed by atoms with Crippen LogP contribution in [0.15, 0.2) is 41.3 Å². The van der Waals surface area contributed by atoms with Crippen molar-refractivity contribution in [1.29, 1.82) is 0 Å². The van der Waals surface area contributed by atoms with Crippen LogP contribution in [-0.2, 0) is 23.0 Å². The first-order chi connectivity index (χ1) is 12.4. The average molecular weight is 374 g/mol. The van der Waals surface area contributed by atoms with E-state index in [9.17, 15) is 12.8 Å². The first kappa shape index (κ1) is 17.1. The summed E-state index contributed by atoms with van der Waals surface area (Å²) in [5.41, 5.74) is 3.30. The highest BCUT2D eigenvalue weighted by Crippen LogP contribution is 2.34. The van der Waals surface area contributed by atoms with Crippen LogP contribution in [-0.4, -0.2) is 31.4 Å². The van der Waals surface area contributed by atoms with Crippen molar-refractivity contribution in [2.75, 3.05) is 13.7 Å². The number of H-pyrrole nitrogens is 1. The van der Waals surface area contributed by atoms with Crippen molar-refractivity contribution in [2.24, 2.45) is 0 Å². The van der Waals surface area contributed by atoms with E-state index in [0.29, 0.717) is 18.5 Å². The number of nitrogens with one attached hydrogen (secondary N) is 1. The van der Waals surface area contributed by atoms with Crippen molar-refractivity contribution in [2.45, 2.75) is 24.8 Å². The molecule has 4 rings (SSSR count). The first-order valence-corrected chi connectivity index (χ1v) is 9.78. The topological polar surface area (TPSA) is 62.4 Å². The molecule has 7 heteroatoms. The Balaban J connectivity index is 1.76. The minimum absolute atomic E-state index is 0.153. The fourth-order valence-corrected chi connectivity index (χ4v) is 5.22. The van der Waals surface area contributed by atoms with Crippen LogP contribution in [0.4, 0.5) is 4.39 Å². The van der Waals surface area contributed by atoms with Crippen LogP contribution in [0.25, 0.3) is 10.9 Å². The third kappa shape index (κ3) is 2.59. The quantitative estimate of drug-likeness (QED) is 0.765. The van der Waals surface area contributed by atoms with E-state index >= 15 is 0 Å². The van der Waals surface area contributed by atoms with E-state index in [-0.39, 0.29) is 11.4 Å². The largest absolute Gasteiger partial charge is 0.495 e. The van der Waals surface area contributed by atoms with Gasteiger partial charge < -0.3 is 9.72 Å². The summed E-state index contributed by atoms with van der Waals surface area (Å²) >= 11 is 0. The van der Waals surface area contributed by atoms with E-state index in [1.165, 1.54) is 22.5 Å². The minimum Gasteiger partial charge on any atom is -0.495 e. The summed E-state index contributed by atoms with van der Waals surface area (Å²) in [5, 5.41) is 0.968. The van der Waals surface area contributed by atoms with Gasteiger partial charge in [0, 0.05) is 30.6 Å². The first-order valence-electron chi connectivity index (χ1n) is 8.34. The standard InChI is InChI=1S/C19H19FN2O3S/c1-12-10-13(20)6-7-18(12)26(23,24)22-9-8-16-15(11-22)14-4-3-5-17(25-2)19(14)21-16/h3-7,10,21H,8-9,11H2,1-2H3. The number of nitrogens with zero attached hydrogens (tertiary/aromatic N) is 1. The lowest BCUT2D eigenvalue weighted by Crippen LogP contribution is -2.36. The lowest BCUT2D eigenvalue weighted by molar-refractivity contribution is 0.391. The molecular weight excluding hydrogens is 355 g/mol. The van der Waals surface area contributed by atoms with Gasteiger partial charge in [-0.25, -0.2) is 12.8 Å². The number of ether oxygens (including phenoxy) is 1. The molecule has 3 aromatic rings. The van der Waals surface area contributed by atoms with Gasteiger partial charge in [0.25, 0.3) is 0 Å². The Morgan fingerprint density at radius 3 is 2.77 bits per heavy atom. The zero-order chi connectivity index (χ0) is 18.5. The number of benzene rings is 2. The SMILES string of the molecule is COc1cccc2c3c([nH]c12)CCN(S(=O)(=O)c1ccc(F)cc1C)C3. The summed E-state index contributed by atoms with van der Waals surface area (Å²) in [7, 11) is -2.08. The molecule has 2 heterocycles. The molecule has 2 aromatic carbocycles. The average Bonchev–Trinajstić information content (AvgIpc) is 2.99. The molecule has 0 amide bonds. The van der Waals surface area contributed by atoms with Gasteiger partial charge in [-0.1, -0.05) is 12.1 Å². The maximum absolute atomic E-state index is 13.4. The van der Waals surface area contributed by atoms with Crippen molar-refractivity contribution in [3.8, 4) is 5.75 Å². The molecule has 0 unspecified atom stereocenters. The van der Waals surface area contributed by atoms with Crippen LogP contribution >= 0.6 is 0 Å². The van der Waals surface area contributed by atoms with Gasteiger partial charge in [0.05, 0.1) is 17.5 Å². The number of fused-ring (bicyclic) bond motifs is 3. The molecule has 0 fully saturated rings. The third-order valence-corrected chi connectivity index (χ3v) is 6.92. The number of rotatable bonds is 3. The van der Waals surface area contributed by atoms with Crippen molar-refractivity contribution < 1.29 is 17.5 Å². The van der Waals surface area contributed by atoms with E-state index in [2.05, 4.69) is 4.98 Å². The fraction of sp³-hybridized carbons (Fsp3) is 0.263. The van der Waals surface area contributed by atoms with Crippen molar-refractivity contribution >= 4 is 20.9 Å². The molecule has 26 heavy (non-hydrogen) atoms. The van der Waals surface area contributed by atoms with Gasteiger partial charge >= 0.3 is 0 Å². The molecule has 0 radical (unpaired) electrons. The van der Waals surface area contributed by atoms with E-state index in [0.717, 1.165) is 27.9 Å². The molecule has 0 spiro atoms. The van der Waals surface area contributed by atoms with Crippen LogP contribution in [0, 0.1) is 12.7 Å². The molecular formula is C19H19FN2O3S. The Bertz CT molecular complexity index is 1110. The summed E-state index contributed by atoms with van der Waals surface area (Å²) in [6.45, 7) is 2.27. The Kier molecular flexibility index (Phi) is 4.00. The summed E-state index contributed by atoms with van der Waals surface area (Å²) in [6, 6.07) is 9.51. The molecule has 1 N–H and O–H groups in total. The number of aryl methyl sites for hydroxylation is 1. The Labute approximate surface area is 151 Å². The van der Waals surface area contributed by atoms with Crippen LogP contribution in [0.1, 0.15) is 16.8 Å². The molecule has 136 valence electrons. The lowest BCUT2D eigenvalue weighted by atomic mass is 10.1. The predicted octanol–water partition coefficient (Wildman–Crippen LogP) is 3.37. The van der Waals surface area contributed by atoms with Gasteiger partial charge in [0.2, 0.25) is 10.0 Å². The summed E-state index contributed by atoms with van der Waals surface area (Å²) in [6.07, 6.45) is 0.590. The maximum Gasteiger partial charge on any atom is 0.243 e. The van der Waals surface area contributed by atoms with Gasteiger partial charge in [0.15, 0.2) is 0 Å². The van der Waals surface area contributed by atoms with Gasteiger partial charge in [-0.15, -0.1) is 0 Å². The zero-order valence-electron chi connectivity index (χ0n) is 14.5. The smallest absolute Gasteiger partial charge is 0.243 e. The van der Waals surface area contributed by atoms with Crippen LogP contribution in [0.5, 0.6) is 5.75 Å². The third-order valence-electron chi connectivity index (χ3n) is 4.91. The molecule has 0 bridgehead atoms. The second kappa shape index (κ2) is 6.10. The molecule has 0 saturated carbocycles. The molecule has 1 aromatic heterocycles. The van der Waals surface area contributed by atoms with E-state index in [1.807, 2.05) is 18.2 Å². The van der Waals surface area contributed by atoms with Crippen LogP contribution in [0.3, 0.4) is 0 Å². The number of para-hydroxylation sites is 1. The van der Waals surface area contributed by atoms with E-state index < -0.39 is 15.8 Å². The fourth-order valence-electron chi connectivity index (χ4n) is 3.60. The van der Waals surface area contributed by atoms with E-state index in [1.54, 1.807) is 14.0 Å². The minimum atomic E-state index is -3.69. The Morgan fingerprint density at radius 2 is 2.04 bits per heavy atom. The van der Waals surface area contributed by atoms with Crippen molar-refractivity contribution in [1.82, 2.24) is 9.29 Å². The number of halogens is 1. The summed E-state index contributed by atoms with van der Waals surface area (Å²) in [5.74, 6) is 0.298. The highest BCUT2D eigenvalue weighted by molar-refractivity contribution is 7.89. The summed E-state index contributed by atoms with van der Waals surface area (Å²) in [4.78, 5) is 3.52. The lowest BCUT2D eigenvalue weighted by Gasteiger charge is -2.27. The van der Waals surface area contributed by atoms with Gasteiger partial charge in [0.1, 0.15) is 11.6 Å². The molecule has 0 aliphatic carbocycles. The summed E-state index contributed by atoms with van der Waals surface area (Å²) < 4.78 is 46.4. The number of hydrogen-bond acceptors (Lipinski definition) is 3. The van der Waals surface area contributed by atoms with Gasteiger partial charge in [-0.2, -0.15) is 4.31 Å². The van der Waals surface area contributed by atoms with Gasteiger partial charge in [-0.3, -0.25) is 0 Å². The number of hydrogen-bond donors (Lipinski definition) is 1. The molecule has 0 saturated heterocycles. The molecule has 5 nitrogen and oxygen atoms in total. The highest BCUT2D eigenvalue weighted by Gasteiger charge is 2.31. The molecule has 0 atom stereocenters. The Morgan fingerprint density at radius 1 is 1.23 bits per heavy atom. The molecule has 1 aliphatic heterocycles. The predicted molar refractivity (Wildman–Crippen MR) is 97.3 cm³/mol. The zero-order valence-corrected chi connectivity index (χ0v) is 15.4. The molecule has 1 aliphatic rings. The Hall–Kier alpha value is -2.38. The van der Waals surface area contributed by atoms with E-state index in [4.69, 9.17) is 4.74 Å². The highest BCUT2D eigenvalue weighted by atomic mass is 32.2. The second-order valence-electron chi connectivity index (χ2n) is 6.46. The number of aromatic nitrogens is 1. The number of sulfonamides is 1. The van der Waals surface area contributed by atoms with Gasteiger partial charge in [-0.05, 0) is 42.3 Å². The normalized spacial score (nSPS) is 15.2. The van der Waals surface area contributed by atoms with Crippen molar-refractivity contribution in [3.05, 3.63) is 59.0 Å². The van der Waals surface area contributed by atoms with Crippen molar-refractivity contribution in [3.63, 3.8) is 0 Å². The van der Waals surface area contributed by atoms with Crippen LogP contribution < -0.4 is 4.74 Å². The number of methoxy groups -OCH3 is 1. The second-order valence-corrected chi connectivity index (χ2v) is 8.37. The monoisotopic (exact) mass is 374 g/mol.